The highest BCUT2D eigenvalue weighted by molar-refractivity contribution is 5.74. The number of nitrogens with zero attached hydrogens (tertiary/aromatic N) is 4. The van der Waals surface area contributed by atoms with Gasteiger partial charge in [-0.1, -0.05) is 78.9 Å². The van der Waals surface area contributed by atoms with Gasteiger partial charge in [0.05, 0.1) is 11.6 Å². The van der Waals surface area contributed by atoms with Crippen molar-refractivity contribution in [2.75, 3.05) is 0 Å². The zero-order chi connectivity index (χ0) is 28.1. The molecule has 0 unspecified atom stereocenters. The Morgan fingerprint density at radius 2 is 1.02 bits per heavy atom. The summed E-state index contributed by atoms with van der Waals surface area (Å²) >= 11 is 0. The molecule has 0 saturated heterocycles. The summed E-state index contributed by atoms with van der Waals surface area (Å²) in [6.45, 7) is 0. The summed E-state index contributed by atoms with van der Waals surface area (Å²) in [7, 11) is 0. The predicted octanol–water partition coefficient (Wildman–Crippen LogP) is 8.88. The fraction of sp³-hybridized carbons (Fsp3) is 0.263. The minimum Gasteiger partial charge on any atom is -0.208 e. The van der Waals surface area contributed by atoms with Gasteiger partial charge in [-0.25, -0.2) is 15.0 Å². The Labute approximate surface area is 247 Å². The van der Waals surface area contributed by atoms with Gasteiger partial charge in [0.1, 0.15) is 0 Å². The maximum atomic E-state index is 9.65. The van der Waals surface area contributed by atoms with Gasteiger partial charge in [-0.05, 0) is 103 Å². The fourth-order valence-corrected chi connectivity index (χ4v) is 8.40. The van der Waals surface area contributed by atoms with Crippen molar-refractivity contribution in [3.8, 4) is 51.4 Å². The van der Waals surface area contributed by atoms with Crippen molar-refractivity contribution in [3.63, 3.8) is 0 Å². The van der Waals surface area contributed by atoms with Crippen LogP contribution in [-0.4, -0.2) is 15.0 Å². The molecule has 42 heavy (non-hydrogen) atoms. The van der Waals surface area contributed by atoms with Crippen LogP contribution >= 0.6 is 0 Å². The van der Waals surface area contributed by atoms with Crippen molar-refractivity contribution in [2.45, 2.75) is 43.9 Å². The third kappa shape index (κ3) is 4.50. The average molecular weight is 545 g/mol. The van der Waals surface area contributed by atoms with Crippen LogP contribution in [0.2, 0.25) is 0 Å². The van der Waals surface area contributed by atoms with E-state index in [9.17, 15) is 5.26 Å². The quantitative estimate of drug-likeness (QED) is 0.222. The van der Waals surface area contributed by atoms with E-state index in [1.165, 1.54) is 44.1 Å². The van der Waals surface area contributed by atoms with Gasteiger partial charge in [-0.15, -0.1) is 0 Å². The Kier molecular flexibility index (Phi) is 6.00. The third-order valence-electron chi connectivity index (χ3n) is 9.87. The van der Waals surface area contributed by atoms with E-state index in [1.54, 1.807) is 0 Å². The lowest BCUT2D eigenvalue weighted by atomic mass is 9.48. The molecule has 4 fully saturated rings. The molecule has 4 saturated carbocycles. The normalized spacial score (nSPS) is 23.9. The molecule has 0 atom stereocenters. The maximum Gasteiger partial charge on any atom is 0.164 e. The van der Waals surface area contributed by atoms with Crippen LogP contribution in [0.15, 0.2) is 103 Å². The van der Waals surface area contributed by atoms with E-state index in [2.05, 4.69) is 54.6 Å². The average Bonchev–Trinajstić information content (AvgIpc) is 3.04. The highest BCUT2D eigenvalue weighted by Gasteiger charge is 2.51. The molecule has 4 aromatic carbocycles. The van der Waals surface area contributed by atoms with E-state index < -0.39 is 0 Å². The molecule has 0 aliphatic heterocycles. The first-order valence-electron chi connectivity index (χ1n) is 15.2. The molecule has 0 spiro atoms. The molecule has 0 radical (unpaired) electrons. The van der Waals surface area contributed by atoms with Gasteiger partial charge in [0.25, 0.3) is 0 Å². The van der Waals surface area contributed by atoms with E-state index in [1.807, 2.05) is 54.6 Å². The molecule has 1 aromatic heterocycles. The fourth-order valence-electron chi connectivity index (χ4n) is 8.40. The Morgan fingerprint density at radius 3 is 1.57 bits per heavy atom. The Hall–Kier alpha value is -4.62. The summed E-state index contributed by atoms with van der Waals surface area (Å²) in [5.41, 5.74) is 7.43. The third-order valence-corrected chi connectivity index (χ3v) is 9.87. The van der Waals surface area contributed by atoms with Crippen LogP contribution in [0.5, 0.6) is 0 Å². The molecule has 0 N–H and O–H groups in total. The summed E-state index contributed by atoms with van der Waals surface area (Å²) in [6, 6.07) is 37.6. The van der Waals surface area contributed by atoms with Crippen molar-refractivity contribution >= 4 is 0 Å². The number of aromatic nitrogens is 3. The Morgan fingerprint density at radius 1 is 0.524 bits per heavy atom. The van der Waals surface area contributed by atoms with Crippen molar-refractivity contribution in [1.29, 1.82) is 5.26 Å². The minimum absolute atomic E-state index is 0.212. The lowest BCUT2D eigenvalue weighted by molar-refractivity contribution is -0.00515. The van der Waals surface area contributed by atoms with Gasteiger partial charge < -0.3 is 0 Å². The zero-order valence-corrected chi connectivity index (χ0v) is 23.6. The largest absolute Gasteiger partial charge is 0.208 e. The van der Waals surface area contributed by atoms with Crippen molar-refractivity contribution < 1.29 is 0 Å². The Balaban J connectivity index is 1.34. The molecule has 9 rings (SSSR count). The van der Waals surface area contributed by atoms with Gasteiger partial charge in [-0.3, -0.25) is 0 Å². The lowest BCUT2D eigenvalue weighted by Crippen LogP contribution is -2.48. The summed E-state index contributed by atoms with van der Waals surface area (Å²) < 4.78 is 0. The molecule has 5 aromatic rings. The second-order valence-electron chi connectivity index (χ2n) is 12.7. The lowest BCUT2D eigenvalue weighted by Gasteiger charge is -2.57. The number of rotatable bonds is 5. The molecule has 4 heteroatoms. The van der Waals surface area contributed by atoms with Crippen LogP contribution in [-0.2, 0) is 5.41 Å². The SMILES string of the molecule is N#Cc1cccc(-c2cc(-c3nc(-c4ccccc4)nc(-c4ccccc4)n3)cc(C34CC5CC(CC(C5)C3)C4)c2)c1. The van der Waals surface area contributed by atoms with Gasteiger partial charge >= 0.3 is 0 Å². The van der Waals surface area contributed by atoms with E-state index in [4.69, 9.17) is 15.0 Å². The summed E-state index contributed by atoms with van der Waals surface area (Å²) in [5.74, 6) is 4.57. The topological polar surface area (TPSA) is 62.5 Å². The number of nitriles is 1. The number of benzene rings is 4. The second-order valence-corrected chi connectivity index (χ2v) is 12.7. The monoisotopic (exact) mass is 544 g/mol. The molecule has 4 aliphatic rings. The van der Waals surface area contributed by atoms with Crippen molar-refractivity contribution in [1.82, 2.24) is 15.0 Å². The van der Waals surface area contributed by atoms with Crippen LogP contribution in [0.25, 0.3) is 45.3 Å². The van der Waals surface area contributed by atoms with E-state index in [0.29, 0.717) is 23.0 Å². The van der Waals surface area contributed by atoms with Crippen molar-refractivity contribution in [2.24, 2.45) is 17.8 Å². The van der Waals surface area contributed by atoms with Crippen LogP contribution in [0, 0.1) is 29.1 Å². The smallest absolute Gasteiger partial charge is 0.164 e. The summed E-state index contributed by atoms with van der Waals surface area (Å²) in [6.07, 6.45) is 8.06. The van der Waals surface area contributed by atoms with Crippen LogP contribution in [0.1, 0.15) is 49.7 Å². The van der Waals surface area contributed by atoms with Crippen LogP contribution in [0.4, 0.5) is 0 Å². The zero-order valence-electron chi connectivity index (χ0n) is 23.6. The summed E-state index contributed by atoms with van der Waals surface area (Å²) in [4.78, 5) is 15.1. The van der Waals surface area contributed by atoms with Crippen LogP contribution < -0.4 is 0 Å². The van der Waals surface area contributed by atoms with Crippen LogP contribution in [0.3, 0.4) is 0 Å². The van der Waals surface area contributed by atoms with E-state index >= 15 is 0 Å². The molecule has 204 valence electrons. The molecule has 1 heterocycles. The standard InChI is InChI=1S/C38H32N4/c39-24-25-8-7-13-31(17-25)32-18-33(20-34(19-32)38-21-26-14-27(22-38)16-28(15-26)23-38)37-41-35(29-9-3-1-4-10-29)40-36(42-37)30-11-5-2-6-12-30/h1-13,17-20,26-28H,14-16,21-23H2. The Bertz CT molecular complexity index is 1730. The molecule has 4 nitrogen and oxygen atoms in total. The molecular weight excluding hydrogens is 512 g/mol. The number of hydrogen-bond donors (Lipinski definition) is 0. The number of hydrogen-bond acceptors (Lipinski definition) is 4. The first-order valence-corrected chi connectivity index (χ1v) is 15.2. The first kappa shape index (κ1) is 25.1. The molecule has 0 amide bonds. The predicted molar refractivity (Wildman–Crippen MR) is 166 cm³/mol. The van der Waals surface area contributed by atoms with Gasteiger partial charge in [0.2, 0.25) is 0 Å². The molecule has 4 aliphatic carbocycles. The molecular formula is C38H32N4. The van der Waals surface area contributed by atoms with Crippen molar-refractivity contribution in [3.05, 3.63) is 114 Å². The molecule has 4 bridgehead atoms. The van der Waals surface area contributed by atoms with Gasteiger partial charge in [0.15, 0.2) is 17.5 Å². The maximum absolute atomic E-state index is 9.65. The van der Waals surface area contributed by atoms with Gasteiger partial charge in [-0.2, -0.15) is 5.26 Å². The summed E-state index contributed by atoms with van der Waals surface area (Å²) in [5, 5.41) is 9.65. The van der Waals surface area contributed by atoms with E-state index in [0.717, 1.165) is 45.6 Å². The highest BCUT2D eigenvalue weighted by Crippen LogP contribution is 2.61. The minimum atomic E-state index is 0.212. The second kappa shape index (κ2) is 10.0. The van der Waals surface area contributed by atoms with E-state index in [-0.39, 0.29) is 5.41 Å². The first-order chi connectivity index (χ1) is 20.6. The van der Waals surface area contributed by atoms with Gasteiger partial charge in [0, 0.05) is 16.7 Å². The highest BCUT2D eigenvalue weighted by atomic mass is 15.0.